The van der Waals surface area contributed by atoms with Crippen LogP contribution < -0.4 is 10.6 Å². The van der Waals surface area contributed by atoms with Gasteiger partial charge in [0.2, 0.25) is 0 Å². The first-order valence-electron chi connectivity index (χ1n) is 6.91. The molecule has 1 saturated heterocycles. The second kappa shape index (κ2) is 7.53. The van der Waals surface area contributed by atoms with E-state index in [0.717, 1.165) is 16.3 Å². The summed E-state index contributed by atoms with van der Waals surface area (Å²) in [6, 6.07) is 5.72. The van der Waals surface area contributed by atoms with E-state index in [-0.39, 0.29) is 18.5 Å². The van der Waals surface area contributed by atoms with Crippen LogP contribution in [0.15, 0.2) is 28.3 Å². The molecule has 2 rings (SSSR count). The molecule has 1 aromatic rings. The molecule has 1 atom stereocenters. The topological polar surface area (TPSA) is 91.3 Å². The minimum Gasteiger partial charge on any atom is -0.409 e. The molecule has 1 aliphatic heterocycles. The standard InChI is InChI=1S/C14H21N3O3S/c1-2-21-12-5-3-4-11(13(12)14(15)16-19)17-6-7-20-9-10(17)8-18/h3-5,10,18-19H,2,6-9H2,1H3,(H2,15,16). The number of aliphatic hydroxyl groups excluding tert-OH is 1. The van der Waals surface area contributed by atoms with Crippen LogP contribution in [0, 0.1) is 0 Å². The van der Waals surface area contributed by atoms with E-state index in [1.807, 2.05) is 18.2 Å². The Hall–Kier alpha value is -1.44. The normalized spacial score (nSPS) is 19.8. The largest absolute Gasteiger partial charge is 0.409 e. The molecule has 1 aromatic carbocycles. The van der Waals surface area contributed by atoms with Crippen molar-refractivity contribution in [1.82, 2.24) is 0 Å². The molecular weight excluding hydrogens is 290 g/mol. The summed E-state index contributed by atoms with van der Waals surface area (Å²) in [4.78, 5) is 3.03. The van der Waals surface area contributed by atoms with Gasteiger partial charge in [-0.3, -0.25) is 0 Å². The summed E-state index contributed by atoms with van der Waals surface area (Å²) in [7, 11) is 0. The van der Waals surface area contributed by atoms with Crippen LogP contribution in [0.1, 0.15) is 12.5 Å². The van der Waals surface area contributed by atoms with Crippen LogP contribution in [0.3, 0.4) is 0 Å². The highest BCUT2D eigenvalue weighted by molar-refractivity contribution is 7.99. The summed E-state index contributed by atoms with van der Waals surface area (Å²) < 4.78 is 5.41. The maximum absolute atomic E-state index is 9.54. The van der Waals surface area contributed by atoms with Crippen molar-refractivity contribution in [2.24, 2.45) is 10.9 Å². The fraction of sp³-hybridized carbons (Fsp3) is 0.500. The molecule has 6 nitrogen and oxygen atoms in total. The highest BCUT2D eigenvalue weighted by atomic mass is 32.2. The monoisotopic (exact) mass is 311 g/mol. The molecule has 7 heteroatoms. The smallest absolute Gasteiger partial charge is 0.173 e. The van der Waals surface area contributed by atoms with Crippen LogP contribution in [-0.4, -0.2) is 54.3 Å². The van der Waals surface area contributed by atoms with Crippen LogP contribution in [-0.2, 0) is 4.74 Å². The molecule has 1 aliphatic rings. The third-order valence-electron chi connectivity index (χ3n) is 3.42. The minimum absolute atomic E-state index is 0.000755. The average Bonchev–Trinajstić information content (AvgIpc) is 2.54. The van der Waals surface area contributed by atoms with Gasteiger partial charge in [-0.05, 0) is 17.9 Å². The van der Waals surface area contributed by atoms with E-state index in [2.05, 4.69) is 17.0 Å². The van der Waals surface area contributed by atoms with Crippen molar-refractivity contribution in [1.29, 1.82) is 0 Å². The first-order valence-corrected chi connectivity index (χ1v) is 7.90. The summed E-state index contributed by atoms with van der Waals surface area (Å²) in [5, 5.41) is 21.8. The number of oxime groups is 1. The van der Waals surface area contributed by atoms with Gasteiger partial charge < -0.3 is 25.7 Å². The Bertz CT molecular complexity index is 510. The lowest BCUT2D eigenvalue weighted by atomic mass is 10.1. The lowest BCUT2D eigenvalue weighted by Gasteiger charge is -2.37. The van der Waals surface area contributed by atoms with Crippen molar-refractivity contribution < 1.29 is 15.1 Å². The predicted molar refractivity (Wildman–Crippen MR) is 84.4 cm³/mol. The molecule has 0 saturated carbocycles. The molecular formula is C14H21N3O3S. The predicted octanol–water partition coefficient (Wildman–Crippen LogP) is 1.09. The number of anilines is 1. The molecule has 0 aliphatic carbocycles. The van der Waals surface area contributed by atoms with Crippen LogP contribution in [0.5, 0.6) is 0 Å². The maximum Gasteiger partial charge on any atom is 0.173 e. The van der Waals surface area contributed by atoms with Gasteiger partial charge in [0.1, 0.15) is 0 Å². The molecule has 0 radical (unpaired) electrons. The molecule has 21 heavy (non-hydrogen) atoms. The van der Waals surface area contributed by atoms with Crippen molar-refractivity contribution in [3.63, 3.8) is 0 Å². The number of nitrogens with two attached hydrogens (primary N) is 1. The van der Waals surface area contributed by atoms with E-state index in [9.17, 15) is 5.11 Å². The van der Waals surface area contributed by atoms with Crippen molar-refractivity contribution in [2.75, 3.05) is 37.0 Å². The second-order valence-corrected chi connectivity index (χ2v) is 5.98. The van der Waals surface area contributed by atoms with E-state index in [0.29, 0.717) is 25.3 Å². The van der Waals surface area contributed by atoms with Crippen LogP contribution in [0.25, 0.3) is 0 Å². The number of thioether (sulfide) groups is 1. The SMILES string of the molecule is CCSc1cccc(N2CCOCC2CO)c1/C(N)=N/O. The zero-order valence-electron chi connectivity index (χ0n) is 12.0. The van der Waals surface area contributed by atoms with E-state index >= 15 is 0 Å². The quantitative estimate of drug-likeness (QED) is 0.248. The Kier molecular flexibility index (Phi) is 5.72. The number of morpholine rings is 1. The number of rotatable bonds is 5. The second-order valence-electron chi connectivity index (χ2n) is 4.67. The van der Waals surface area contributed by atoms with Crippen LogP contribution in [0.2, 0.25) is 0 Å². The minimum atomic E-state index is -0.120. The van der Waals surface area contributed by atoms with E-state index < -0.39 is 0 Å². The molecule has 4 N–H and O–H groups in total. The van der Waals surface area contributed by atoms with E-state index in [1.165, 1.54) is 0 Å². The van der Waals surface area contributed by atoms with Crippen LogP contribution >= 0.6 is 11.8 Å². The molecule has 0 amide bonds. The van der Waals surface area contributed by atoms with Crippen molar-refractivity contribution >= 4 is 23.3 Å². The summed E-state index contributed by atoms with van der Waals surface area (Å²) >= 11 is 1.64. The summed E-state index contributed by atoms with van der Waals surface area (Å²) in [5.41, 5.74) is 7.47. The molecule has 1 unspecified atom stereocenters. The Labute approximate surface area is 128 Å². The Morgan fingerprint density at radius 3 is 3.05 bits per heavy atom. The van der Waals surface area contributed by atoms with Gasteiger partial charge in [-0.15, -0.1) is 11.8 Å². The maximum atomic E-state index is 9.54. The fourth-order valence-corrected chi connectivity index (χ4v) is 3.30. The highest BCUT2D eigenvalue weighted by Gasteiger charge is 2.26. The molecule has 1 heterocycles. The van der Waals surface area contributed by atoms with Gasteiger partial charge in [0.05, 0.1) is 31.4 Å². The zero-order valence-corrected chi connectivity index (χ0v) is 12.8. The number of benzene rings is 1. The summed E-state index contributed by atoms with van der Waals surface area (Å²) in [6.07, 6.45) is 0. The highest BCUT2D eigenvalue weighted by Crippen LogP contribution is 2.32. The van der Waals surface area contributed by atoms with Gasteiger partial charge in [-0.1, -0.05) is 18.1 Å². The van der Waals surface area contributed by atoms with E-state index in [1.54, 1.807) is 11.8 Å². The Morgan fingerprint density at radius 2 is 2.38 bits per heavy atom. The summed E-state index contributed by atoms with van der Waals surface area (Å²) in [5.74, 6) is 0.978. The third-order valence-corrected chi connectivity index (χ3v) is 4.36. The molecule has 0 bridgehead atoms. The zero-order chi connectivity index (χ0) is 15.2. The molecule has 0 aromatic heterocycles. The average molecular weight is 311 g/mol. The number of nitrogens with zero attached hydrogens (tertiary/aromatic N) is 2. The first-order chi connectivity index (χ1) is 10.2. The number of ether oxygens (including phenoxy) is 1. The molecule has 1 fully saturated rings. The number of hydrogen-bond acceptors (Lipinski definition) is 6. The Balaban J connectivity index is 2.48. The summed E-state index contributed by atoms with van der Waals surface area (Å²) in [6.45, 7) is 3.78. The van der Waals surface area contributed by atoms with Crippen LogP contribution in [0.4, 0.5) is 5.69 Å². The molecule has 116 valence electrons. The van der Waals surface area contributed by atoms with E-state index in [4.69, 9.17) is 15.7 Å². The van der Waals surface area contributed by atoms with Gasteiger partial charge in [0.25, 0.3) is 0 Å². The number of amidine groups is 1. The number of aliphatic hydroxyl groups is 1. The van der Waals surface area contributed by atoms with Gasteiger partial charge in [-0.25, -0.2) is 0 Å². The lowest BCUT2D eigenvalue weighted by Crippen LogP contribution is -2.48. The van der Waals surface area contributed by atoms with Gasteiger partial charge in [0, 0.05) is 17.1 Å². The number of hydrogen-bond donors (Lipinski definition) is 3. The van der Waals surface area contributed by atoms with Gasteiger partial charge >= 0.3 is 0 Å². The lowest BCUT2D eigenvalue weighted by molar-refractivity contribution is 0.0727. The molecule has 0 spiro atoms. The van der Waals surface area contributed by atoms with Crippen molar-refractivity contribution in [2.45, 2.75) is 17.9 Å². The van der Waals surface area contributed by atoms with Crippen molar-refractivity contribution in [3.05, 3.63) is 23.8 Å². The van der Waals surface area contributed by atoms with Crippen molar-refractivity contribution in [3.8, 4) is 0 Å². The van der Waals surface area contributed by atoms with Gasteiger partial charge in [0.15, 0.2) is 5.84 Å². The first kappa shape index (κ1) is 15.9. The Morgan fingerprint density at radius 1 is 1.57 bits per heavy atom. The van der Waals surface area contributed by atoms with Gasteiger partial charge in [-0.2, -0.15) is 0 Å². The third kappa shape index (κ3) is 3.42. The fourth-order valence-electron chi connectivity index (χ4n) is 2.47.